The predicted octanol–water partition coefficient (Wildman–Crippen LogP) is 5.93. The number of ether oxygens (including phenoxy) is 2. The third-order valence-corrected chi connectivity index (χ3v) is 9.60. The van der Waals surface area contributed by atoms with Crippen molar-refractivity contribution in [2.24, 2.45) is 0 Å². The maximum absolute atomic E-state index is 8.62. The summed E-state index contributed by atoms with van der Waals surface area (Å²) in [4.78, 5) is 23.4. The van der Waals surface area contributed by atoms with Gasteiger partial charge in [-0.05, 0) is 80.1 Å². The Hall–Kier alpha value is -3.03. The molecule has 4 atom stereocenters. The molecule has 0 aromatic carbocycles. The first-order valence-electron chi connectivity index (χ1n) is 17.3. The number of alkyl halides is 1. The van der Waals surface area contributed by atoms with Crippen LogP contribution in [0.5, 0.6) is 11.8 Å². The summed E-state index contributed by atoms with van der Waals surface area (Å²) < 4.78 is 43.4. The fourth-order valence-corrected chi connectivity index (χ4v) is 6.64. The molecule has 4 aromatic rings. The number of nitrogens with zero attached hydrogens (tertiary/aromatic N) is 7. The van der Waals surface area contributed by atoms with E-state index in [-0.39, 0.29) is 12.1 Å². The molecule has 0 saturated carbocycles. The van der Waals surface area contributed by atoms with Crippen molar-refractivity contribution in [3.8, 4) is 11.8 Å². The first-order valence-corrected chi connectivity index (χ1v) is 17.3. The minimum absolute atomic E-state index is 0.182. The number of hydrogen-bond donors (Lipinski definition) is 1. The molecule has 13 heteroatoms. The maximum Gasteiger partial charge on any atom is 0.212 e. The van der Waals surface area contributed by atoms with Crippen molar-refractivity contribution >= 4 is 55.1 Å². The molecule has 47 heavy (non-hydrogen) atoms. The Morgan fingerprint density at radius 3 is 1.66 bits per heavy atom. The van der Waals surface area contributed by atoms with E-state index in [4.69, 9.17) is 26.6 Å². The Morgan fingerprint density at radius 2 is 1.23 bits per heavy atom. The van der Waals surface area contributed by atoms with Crippen LogP contribution in [0.2, 0.25) is 0 Å². The average Bonchev–Trinajstić information content (AvgIpc) is 3.12. The van der Waals surface area contributed by atoms with Gasteiger partial charge in [0.05, 0.1) is 14.2 Å². The third-order valence-electron chi connectivity index (χ3n) is 8.45. The fourth-order valence-electron chi connectivity index (χ4n) is 6.06. The van der Waals surface area contributed by atoms with Crippen LogP contribution >= 0.6 is 43.5 Å². The Bertz CT molecular complexity index is 1710. The van der Waals surface area contributed by atoms with Gasteiger partial charge in [0, 0.05) is 114 Å². The van der Waals surface area contributed by atoms with E-state index in [0.29, 0.717) is 35.0 Å². The molecule has 248 valence electrons. The quantitative estimate of drug-likeness (QED) is 0.227. The molecule has 0 amide bonds. The first kappa shape index (κ1) is 28.9. The molecule has 10 nitrogen and oxygen atoms in total. The number of anilines is 2. The highest BCUT2D eigenvalue weighted by Crippen LogP contribution is 2.35. The predicted molar refractivity (Wildman–Crippen MR) is 192 cm³/mol. The van der Waals surface area contributed by atoms with Crippen molar-refractivity contribution in [3.63, 3.8) is 0 Å². The van der Waals surface area contributed by atoms with Crippen LogP contribution in [0.4, 0.5) is 11.6 Å². The van der Waals surface area contributed by atoms with Crippen LogP contribution in [-0.2, 0) is 12.3 Å². The maximum atomic E-state index is 8.62. The molecule has 10 heterocycles. The number of pyridine rings is 4. The summed E-state index contributed by atoms with van der Waals surface area (Å²) >= 11 is 12.2. The minimum Gasteiger partial charge on any atom is -0.481 e. The lowest BCUT2D eigenvalue weighted by Crippen LogP contribution is -2.68. The number of piperazine rings is 2. The normalized spacial score (nSPS) is 24.3. The van der Waals surface area contributed by atoms with Gasteiger partial charge in [-0.2, -0.15) is 0 Å². The molecule has 6 saturated heterocycles. The van der Waals surface area contributed by atoms with Gasteiger partial charge in [-0.3, -0.25) is 4.90 Å². The van der Waals surface area contributed by atoms with E-state index in [1.165, 1.54) is 19.7 Å². The second-order valence-electron chi connectivity index (χ2n) is 11.6. The van der Waals surface area contributed by atoms with Crippen LogP contribution in [-0.4, -0.2) is 89.4 Å². The standard InChI is InChI=1S/C17H19BrN4O.C10H12BrN3.C7H8ClNO/c1-23-17-5-2-12(7-20-17)9-22-14-6-15(22)11-21(10-14)16-4-3-13(18)8-19-16;11-7-1-2-10(12-4-7)14-5-8-3-9(6-14)13-8;1-10-7-3-2-6(4-8)5-9-7/h2-5,7-8,14-15H,6,9-11H2,1H3;1-2,4,8-9,13H,3,5-6H2;2-3,5H,4H2,1H3/i9D2;;4D2. The first-order chi connectivity index (χ1) is 24.3. The second-order valence-corrected chi connectivity index (χ2v) is 13.6. The van der Waals surface area contributed by atoms with Gasteiger partial charge in [0.25, 0.3) is 0 Å². The van der Waals surface area contributed by atoms with Gasteiger partial charge in [-0.25, -0.2) is 19.9 Å². The highest BCUT2D eigenvalue weighted by atomic mass is 79.9. The number of halogens is 3. The lowest BCUT2D eigenvalue weighted by molar-refractivity contribution is -0.00877. The number of piperidine rings is 2. The summed E-state index contributed by atoms with van der Waals surface area (Å²) in [5.41, 5.74) is 0.892. The van der Waals surface area contributed by atoms with Crippen molar-refractivity contribution in [1.29, 1.82) is 0 Å². The largest absolute Gasteiger partial charge is 0.481 e. The van der Waals surface area contributed by atoms with E-state index in [0.717, 1.165) is 53.2 Å². The summed E-state index contributed by atoms with van der Waals surface area (Å²) in [5.74, 6) is 1.13. The fraction of sp³-hybridized carbons (Fsp3) is 0.412. The van der Waals surface area contributed by atoms with Crippen LogP contribution in [0.15, 0.2) is 82.3 Å². The molecule has 0 radical (unpaired) electrons. The lowest BCUT2D eigenvalue weighted by atomic mass is 9.87. The molecule has 1 N–H and O–H groups in total. The van der Waals surface area contributed by atoms with E-state index in [2.05, 4.69) is 79.0 Å². The molecule has 0 spiro atoms. The number of methoxy groups -OCH3 is 2. The van der Waals surface area contributed by atoms with Crippen LogP contribution in [0.3, 0.4) is 0 Å². The van der Waals surface area contributed by atoms with E-state index in [9.17, 15) is 0 Å². The second kappa shape index (κ2) is 15.9. The molecule has 4 bridgehead atoms. The van der Waals surface area contributed by atoms with Crippen LogP contribution < -0.4 is 24.6 Å². The number of rotatable bonds is 7. The third kappa shape index (κ3) is 8.72. The summed E-state index contributed by atoms with van der Waals surface area (Å²) in [6.45, 7) is 2.24. The molecule has 6 fully saturated rings. The van der Waals surface area contributed by atoms with Crippen molar-refractivity contribution in [2.45, 2.75) is 49.3 Å². The van der Waals surface area contributed by atoms with Gasteiger partial charge < -0.3 is 24.6 Å². The van der Waals surface area contributed by atoms with Gasteiger partial charge in [0.1, 0.15) is 11.6 Å². The zero-order valence-electron chi connectivity index (χ0n) is 30.1. The summed E-state index contributed by atoms with van der Waals surface area (Å²) in [6.07, 6.45) is 8.95. The number of fused-ring (bicyclic) bond motifs is 4. The van der Waals surface area contributed by atoms with Crippen LogP contribution in [0.25, 0.3) is 0 Å². The molecule has 0 aliphatic carbocycles. The van der Waals surface area contributed by atoms with Gasteiger partial charge in [-0.1, -0.05) is 12.1 Å². The minimum atomic E-state index is -1.86. The van der Waals surface area contributed by atoms with E-state index in [1.807, 2.05) is 23.2 Å². The van der Waals surface area contributed by atoms with E-state index >= 15 is 0 Å². The summed E-state index contributed by atoms with van der Waals surface area (Å²) in [5, 5.41) is 3.51. The summed E-state index contributed by atoms with van der Waals surface area (Å²) in [6, 6.07) is 16.4. The Morgan fingerprint density at radius 1 is 0.723 bits per heavy atom. The zero-order valence-corrected chi connectivity index (χ0v) is 30.0. The highest BCUT2D eigenvalue weighted by Gasteiger charge is 2.44. The van der Waals surface area contributed by atoms with Crippen LogP contribution in [0, 0.1) is 0 Å². The van der Waals surface area contributed by atoms with Crippen molar-refractivity contribution in [3.05, 3.63) is 93.4 Å². The smallest absolute Gasteiger partial charge is 0.212 e. The number of aromatic nitrogens is 4. The summed E-state index contributed by atoms with van der Waals surface area (Å²) in [7, 11) is 3.05. The molecule has 10 rings (SSSR count). The van der Waals surface area contributed by atoms with Gasteiger partial charge in [0.2, 0.25) is 11.8 Å². The van der Waals surface area contributed by atoms with Crippen LogP contribution in [0.1, 0.15) is 29.5 Å². The van der Waals surface area contributed by atoms with Gasteiger partial charge in [0.15, 0.2) is 0 Å². The van der Waals surface area contributed by atoms with Crippen molar-refractivity contribution in [2.75, 3.05) is 50.2 Å². The topological polar surface area (TPSA) is 91.8 Å². The van der Waals surface area contributed by atoms with E-state index < -0.39 is 12.3 Å². The molecule has 4 unspecified atom stereocenters. The number of nitrogens with one attached hydrogen (secondary N) is 1. The van der Waals surface area contributed by atoms with E-state index in [1.54, 1.807) is 43.8 Å². The number of hydrogen-bond acceptors (Lipinski definition) is 10. The molecule has 4 aromatic heterocycles. The Kier molecular flexibility index (Phi) is 9.80. The van der Waals surface area contributed by atoms with Crippen molar-refractivity contribution in [1.82, 2.24) is 30.2 Å². The van der Waals surface area contributed by atoms with Gasteiger partial charge >= 0.3 is 0 Å². The molecular weight excluding hydrogens is 748 g/mol. The monoisotopic (exact) mass is 788 g/mol. The highest BCUT2D eigenvalue weighted by molar-refractivity contribution is 9.10. The Labute approximate surface area is 303 Å². The van der Waals surface area contributed by atoms with Gasteiger partial charge in [-0.15, -0.1) is 11.6 Å². The lowest BCUT2D eigenvalue weighted by Gasteiger charge is -2.56. The SMILES string of the molecule is Brc1ccc(N2CC3CC(C2)N3)nc1.[2H]C([2H])(Cl)c1ccc(OC)nc1.[2H]C([2H])(c1ccc(OC)nc1)N1C2CC1CN(c1ccc(Br)cn1)C2. The molecule has 6 aliphatic rings. The molecular formula is C34H39Br2ClN8O2. The molecule has 6 aliphatic heterocycles. The zero-order chi connectivity index (χ0) is 36.3. The average molecular weight is 791 g/mol. The Balaban J connectivity index is 0.000000145. The van der Waals surface area contributed by atoms with Crippen molar-refractivity contribution < 1.29 is 15.0 Å².